The van der Waals surface area contributed by atoms with Crippen LogP contribution in [0.25, 0.3) is 99.6 Å². The SMILES string of the molecule is c1ccc(-c2ccc(-c3nc(-c4ccc(-c5ccc6ccc7cccc8ccc5c6c78)cc4)cc(-c4cccc(-c5cccnc5)c4)n3)cc2)cc1. The summed E-state index contributed by atoms with van der Waals surface area (Å²) in [5, 5.41) is 7.76. The first-order chi connectivity index (χ1) is 25.7. The van der Waals surface area contributed by atoms with Crippen molar-refractivity contribution < 1.29 is 0 Å². The van der Waals surface area contributed by atoms with Gasteiger partial charge in [-0.05, 0) is 78.3 Å². The third-order valence-corrected chi connectivity index (χ3v) is 10.1. The van der Waals surface area contributed by atoms with E-state index in [1.165, 1.54) is 49.0 Å². The molecule has 0 aliphatic carbocycles. The first-order valence-electron chi connectivity index (χ1n) is 17.6. The molecule has 0 fully saturated rings. The highest BCUT2D eigenvalue weighted by molar-refractivity contribution is 6.25. The maximum atomic E-state index is 5.17. The molecule has 2 aromatic heterocycles. The molecular formula is C49H31N3. The van der Waals surface area contributed by atoms with Crippen molar-refractivity contribution in [2.75, 3.05) is 0 Å². The minimum Gasteiger partial charge on any atom is -0.264 e. The molecule has 2 heterocycles. The monoisotopic (exact) mass is 661 g/mol. The Hall–Kier alpha value is -6.97. The van der Waals surface area contributed by atoms with Crippen LogP contribution < -0.4 is 0 Å². The Balaban J connectivity index is 1.08. The number of benzene rings is 8. The van der Waals surface area contributed by atoms with Crippen LogP contribution in [-0.4, -0.2) is 15.0 Å². The summed E-state index contributed by atoms with van der Waals surface area (Å²) in [6.07, 6.45) is 3.70. The molecule has 0 saturated carbocycles. The Morgan fingerprint density at radius 1 is 0.327 bits per heavy atom. The van der Waals surface area contributed by atoms with Crippen molar-refractivity contribution in [2.24, 2.45) is 0 Å². The molecule has 0 amide bonds. The maximum absolute atomic E-state index is 5.17. The zero-order valence-corrected chi connectivity index (χ0v) is 28.2. The number of rotatable bonds is 6. The number of nitrogens with zero attached hydrogens (tertiary/aromatic N) is 3. The lowest BCUT2D eigenvalue weighted by molar-refractivity contribution is 1.18. The van der Waals surface area contributed by atoms with Crippen molar-refractivity contribution in [1.82, 2.24) is 15.0 Å². The van der Waals surface area contributed by atoms with Crippen LogP contribution in [0.4, 0.5) is 0 Å². The van der Waals surface area contributed by atoms with E-state index in [4.69, 9.17) is 9.97 Å². The highest BCUT2D eigenvalue weighted by atomic mass is 14.9. The highest BCUT2D eigenvalue weighted by Crippen LogP contribution is 2.40. The summed E-state index contributed by atoms with van der Waals surface area (Å²) in [5.41, 5.74) is 11.7. The van der Waals surface area contributed by atoms with Gasteiger partial charge in [0.2, 0.25) is 0 Å². The van der Waals surface area contributed by atoms with Crippen LogP contribution in [-0.2, 0) is 0 Å². The molecule has 52 heavy (non-hydrogen) atoms. The summed E-state index contributed by atoms with van der Waals surface area (Å²) in [6, 6.07) is 62.5. The number of pyridine rings is 1. The number of hydrogen-bond donors (Lipinski definition) is 0. The summed E-state index contributed by atoms with van der Waals surface area (Å²) in [7, 11) is 0. The molecule has 0 aliphatic heterocycles. The minimum atomic E-state index is 0.690. The molecule has 0 atom stereocenters. The molecule has 3 heteroatoms. The molecule has 0 N–H and O–H groups in total. The lowest BCUT2D eigenvalue weighted by atomic mass is 9.89. The van der Waals surface area contributed by atoms with Gasteiger partial charge in [-0.15, -0.1) is 0 Å². The molecule has 242 valence electrons. The van der Waals surface area contributed by atoms with Crippen LogP contribution in [0.2, 0.25) is 0 Å². The van der Waals surface area contributed by atoms with Gasteiger partial charge in [-0.1, -0.05) is 158 Å². The van der Waals surface area contributed by atoms with Crippen molar-refractivity contribution in [3.63, 3.8) is 0 Å². The van der Waals surface area contributed by atoms with Crippen molar-refractivity contribution in [2.45, 2.75) is 0 Å². The molecule has 0 spiro atoms. The van der Waals surface area contributed by atoms with Gasteiger partial charge < -0.3 is 0 Å². The van der Waals surface area contributed by atoms with Gasteiger partial charge in [0.25, 0.3) is 0 Å². The molecule has 0 aliphatic rings. The van der Waals surface area contributed by atoms with Crippen molar-refractivity contribution in [3.8, 4) is 67.3 Å². The van der Waals surface area contributed by atoms with E-state index < -0.39 is 0 Å². The molecule has 0 bridgehead atoms. The predicted molar refractivity (Wildman–Crippen MR) is 216 cm³/mol. The molecule has 0 saturated heterocycles. The van der Waals surface area contributed by atoms with Gasteiger partial charge >= 0.3 is 0 Å². The van der Waals surface area contributed by atoms with Crippen LogP contribution in [0.15, 0.2) is 188 Å². The summed E-state index contributed by atoms with van der Waals surface area (Å²) >= 11 is 0. The van der Waals surface area contributed by atoms with Crippen LogP contribution in [0.5, 0.6) is 0 Å². The minimum absolute atomic E-state index is 0.690. The second-order valence-electron chi connectivity index (χ2n) is 13.3. The zero-order valence-electron chi connectivity index (χ0n) is 28.2. The maximum Gasteiger partial charge on any atom is 0.160 e. The topological polar surface area (TPSA) is 38.7 Å². The Labute approximate surface area is 301 Å². The summed E-state index contributed by atoms with van der Waals surface area (Å²) < 4.78 is 0. The Bertz CT molecular complexity index is 2850. The zero-order chi connectivity index (χ0) is 34.4. The van der Waals surface area contributed by atoms with Crippen molar-refractivity contribution >= 4 is 32.3 Å². The second-order valence-corrected chi connectivity index (χ2v) is 13.3. The predicted octanol–water partition coefficient (Wildman–Crippen LogP) is 12.8. The molecule has 3 nitrogen and oxygen atoms in total. The van der Waals surface area contributed by atoms with Gasteiger partial charge in [-0.2, -0.15) is 0 Å². The van der Waals surface area contributed by atoms with Crippen LogP contribution in [0.1, 0.15) is 0 Å². The highest BCUT2D eigenvalue weighted by Gasteiger charge is 2.15. The average Bonchev–Trinajstić information content (AvgIpc) is 3.23. The van der Waals surface area contributed by atoms with E-state index in [1.807, 2.05) is 18.3 Å². The molecule has 0 radical (unpaired) electrons. The Morgan fingerprint density at radius 2 is 0.904 bits per heavy atom. The number of aromatic nitrogens is 3. The third-order valence-electron chi connectivity index (χ3n) is 10.1. The van der Waals surface area contributed by atoms with E-state index in [2.05, 4.69) is 169 Å². The quantitative estimate of drug-likeness (QED) is 0.166. The fourth-order valence-electron chi connectivity index (χ4n) is 7.51. The van der Waals surface area contributed by atoms with E-state index in [0.717, 1.165) is 44.8 Å². The molecule has 10 rings (SSSR count). The molecule has 0 unspecified atom stereocenters. The van der Waals surface area contributed by atoms with Crippen LogP contribution >= 0.6 is 0 Å². The molecule has 8 aromatic carbocycles. The lowest BCUT2D eigenvalue weighted by Gasteiger charge is -2.14. The van der Waals surface area contributed by atoms with Gasteiger partial charge in [0.15, 0.2) is 5.82 Å². The van der Waals surface area contributed by atoms with E-state index in [0.29, 0.717) is 5.82 Å². The van der Waals surface area contributed by atoms with Crippen LogP contribution in [0.3, 0.4) is 0 Å². The molecule has 10 aromatic rings. The lowest BCUT2D eigenvalue weighted by Crippen LogP contribution is -1.96. The standard InChI is InChI=1S/C49H31N3/c1-2-7-32(8-3-1)33-14-22-39(23-15-33)49-51-45(30-46(52-49)41-12-5-11-40(29-41)42-13-6-28-50-31-42)35-18-16-34(17-19-35)43-26-24-38-21-20-36-9-4-10-37-25-27-44(43)48(38)47(36)37/h1-31H. The van der Waals surface area contributed by atoms with E-state index in [1.54, 1.807) is 6.20 Å². The first kappa shape index (κ1) is 29.9. The number of hydrogen-bond acceptors (Lipinski definition) is 3. The van der Waals surface area contributed by atoms with Crippen molar-refractivity contribution in [3.05, 3.63) is 188 Å². The fourth-order valence-corrected chi connectivity index (χ4v) is 7.51. The Morgan fingerprint density at radius 3 is 1.67 bits per heavy atom. The van der Waals surface area contributed by atoms with E-state index >= 15 is 0 Å². The van der Waals surface area contributed by atoms with Gasteiger partial charge in [0.1, 0.15) is 0 Å². The second kappa shape index (κ2) is 12.4. The van der Waals surface area contributed by atoms with Crippen molar-refractivity contribution in [1.29, 1.82) is 0 Å². The smallest absolute Gasteiger partial charge is 0.160 e. The van der Waals surface area contributed by atoms with E-state index in [-0.39, 0.29) is 0 Å². The normalized spacial score (nSPS) is 11.5. The Kier molecular flexibility index (Phi) is 7.14. The van der Waals surface area contributed by atoms with Gasteiger partial charge in [-0.3, -0.25) is 4.98 Å². The summed E-state index contributed by atoms with van der Waals surface area (Å²) in [4.78, 5) is 14.7. The third kappa shape index (κ3) is 5.28. The molecular weight excluding hydrogens is 631 g/mol. The first-order valence-corrected chi connectivity index (χ1v) is 17.6. The summed E-state index contributed by atoms with van der Waals surface area (Å²) in [5.74, 6) is 0.690. The van der Waals surface area contributed by atoms with Gasteiger partial charge in [0, 0.05) is 34.6 Å². The van der Waals surface area contributed by atoms with E-state index in [9.17, 15) is 0 Å². The average molecular weight is 662 g/mol. The largest absolute Gasteiger partial charge is 0.264 e. The van der Waals surface area contributed by atoms with Gasteiger partial charge in [-0.25, -0.2) is 9.97 Å². The summed E-state index contributed by atoms with van der Waals surface area (Å²) in [6.45, 7) is 0. The van der Waals surface area contributed by atoms with Gasteiger partial charge in [0.05, 0.1) is 11.4 Å². The fraction of sp³-hybridized carbons (Fsp3) is 0. The van der Waals surface area contributed by atoms with Crippen LogP contribution in [0, 0.1) is 0 Å².